The Morgan fingerprint density at radius 2 is 1.36 bits per heavy atom. The predicted octanol–water partition coefficient (Wildman–Crippen LogP) is 13.2. The molecule has 2 aromatic rings. The first kappa shape index (κ1) is 37.0. The Kier molecular flexibility index (Phi) is 10.6. The van der Waals surface area contributed by atoms with E-state index in [4.69, 9.17) is 17.0 Å². The van der Waals surface area contributed by atoms with Crippen molar-refractivity contribution in [3.05, 3.63) is 75.4 Å². The summed E-state index contributed by atoms with van der Waals surface area (Å²) in [6, 6.07) is 2.55. The Morgan fingerprint density at radius 1 is 0.844 bits per heavy atom. The third-order valence-corrected chi connectivity index (χ3v) is 16.5. The van der Waals surface area contributed by atoms with Gasteiger partial charge in [-0.1, -0.05) is 130 Å². The van der Waals surface area contributed by atoms with E-state index < -0.39 is 18.9 Å². The monoisotopic (exact) mass is 722 g/mol. The molecule has 246 valence electrons. The molecule has 0 spiro atoms. The molecule has 4 aliphatic rings. The summed E-state index contributed by atoms with van der Waals surface area (Å²) in [5, 5.41) is 3.17. The van der Waals surface area contributed by atoms with Crippen LogP contribution in [-0.4, -0.2) is 3.21 Å². The van der Waals surface area contributed by atoms with Gasteiger partial charge in [0.25, 0.3) is 0 Å². The molecule has 0 aliphatic heterocycles. The molecule has 0 saturated carbocycles. The van der Waals surface area contributed by atoms with Gasteiger partial charge in [0.05, 0.1) is 0 Å². The van der Waals surface area contributed by atoms with Crippen LogP contribution < -0.4 is 0 Å². The van der Waals surface area contributed by atoms with Crippen LogP contribution in [0.2, 0.25) is 0 Å². The van der Waals surface area contributed by atoms with E-state index in [9.17, 15) is 0 Å². The normalized spacial score (nSPS) is 22.7. The van der Waals surface area contributed by atoms with Crippen LogP contribution in [0.25, 0.3) is 22.9 Å². The molecule has 6 rings (SSSR count). The van der Waals surface area contributed by atoms with Crippen molar-refractivity contribution < 1.29 is 18.9 Å². The standard InChI is InChI=1S/C29H37.C10H15.C3H6.2ClH.Zr/c1-26(2)11-9-18-15-20-23(21(18)16-26)22-17-27(3,4)12-10-19(22)24-25(20)29(7,8)14-13-28(24,5)6;1-8-5-6-9(7-8)10(2,3)4;1-3-2;;;/h9-12,15H,13-14,16-17H2,1-8H3;6-8H,1-4H3;1-2H3;2*1H;/q2*-1;;;;+2/p-2. The summed E-state index contributed by atoms with van der Waals surface area (Å²) < 4.78 is 1.24. The summed E-state index contributed by atoms with van der Waals surface area (Å²) in [7, 11) is 11.1. The second-order valence-electron chi connectivity index (χ2n) is 18.0. The van der Waals surface area contributed by atoms with Gasteiger partial charge in [-0.15, -0.1) is 40.1 Å². The second-order valence-corrected chi connectivity index (χ2v) is 27.4. The molecule has 2 aromatic carbocycles. The first-order valence-electron chi connectivity index (χ1n) is 17.0. The first-order chi connectivity index (χ1) is 20.5. The van der Waals surface area contributed by atoms with Crippen LogP contribution in [0.3, 0.4) is 0 Å². The Labute approximate surface area is 291 Å². The third-order valence-electron chi connectivity index (χ3n) is 10.2. The molecule has 0 saturated heterocycles. The van der Waals surface area contributed by atoms with Gasteiger partial charge in [0.2, 0.25) is 0 Å². The van der Waals surface area contributed by atoms with Crippen molar-refractivity contribution in [1.82, 2.24) is 0 Å². The van der Waals surface area contributed by atoms with Gasteiger partial charge in [0.15, 0.2) is 0 Å². The Morgan fingerprint density at radius 3 is 1.82 bits per heavy atom. The number of benzene rings is 1. The molecule has 0 bridgehead atoms. The van der Waals surface area contributed by atoms with Crippen molar-refractivity contribution in [2.45, 2.75) is 133 Å². The molecule has 1 unspecified atom stereocenters. The molecule has 0 heterocycles. The molecule has 45 heavy (non-hydrogen) atoms. The van der Waals surface area contributed by atoms with E-state index in [-0.39, 0.29) is 21.7 Å². The molecule has 0 aromatic heterocycles. The van der Waals surface area contributed by atoms with Crippen LogP contribution in [0.4, 0.5) is 0 Å². The maximum absolute atomic E-state index is 5.54. The molecule has 0 radical (unpaired) electrons. The molecule has 4 aliphatic carbocycles. The van der Waals surface area contributed by atoms with Crippen LogP contribution in [-0.2, 0) is 42.6 Å². The number of hydrogen-bond donors (Lipinski definition) is 0. The minimum atomic E-state index is -1.84. The van der Waals surface area contributed by atoms with Crippen molar-refractivity contribution >= 4 is 43.2 Å². The van der Waals surface area contributed by atoms with Gasteiger partial charge in [-0.3, -0.25) is 6.08 Å². The van der Waals surface area contributed by atoms with Crippen LogP contribution in [0.15, 0.2) is 35.9 Å². The van der Waals surface area contributed by atoms with E-state index >= 15 is 0 Å². The average Bonchev–Trinajstić information content (AvgIpc) is 3.49. The summed E-state index contributed by atoms with van der Waals surface area (Å²) in [5.74, 6) is 0.522. The summed E-state index contributed by atoms with van der Waals surface area (Å²) in [6.07, 6.45) is 22.3. The van der Waals surface area contributed by atoms with Gasteiger partial charge in [-0.25, -0.2) is 6.08 Å². The minimum absolute atomic E-state index is 0.229. The molecule has 0 amide bonds. The second kappa shape index (κ2) is 12.9. The van der Waals surface area contributed by atoms with E-state index in [0.717, 1.165) is 12.8 Å². The van der Waals surface area contributed by atoms with Crippen molar-refractivity contribution in [3.8, 4) is 0 Å². The maximum atomic E-state index is 5.54. The zero-order valence-corrected chi connectivity index (χ0v) is 34.7. The van der Waals surface area contributed by atoms with Crippen LogP contribution in [0.1, 0.15) is 143 Å². The van der Waals surface area contributed by atoms with Crippen molar-refractivity contribution in [2.75, 3.05) is 0 Å². The fourth-order valence-electron chi connectivity index (χ4n) is 7.41. The van der Waals surface area contributed by atoms with Crippen molar-refractivity contribution in [3.63, 3.8) is 0 Å². The topological polar surface area (TPSA) is 0 Å². The predicted molar refractivity (Wildman–Crippen MR) is 200 cm³/mol. The van der Waals surface area contributed by atoms with Gasteiger partial charge in [0.1, 0.15) is 0 Å². The van der Waals surface area contributed by atoms with Crippen LogP contribution in [0.5, 0.6) is 0 Å². The van der Waals surface area contributed by atoms with E-state index in [1.54, 1.807) is 38.6 Å². The molecule has 1 atom stereocenters. The third kappa shape index (κ3) is 8.06. The fraction of sp³-hybridized carbons (Fsp3) is 0.571. The van der Waals surface area contributed by atoms with Gasteiger partial charge in [0, 0.05) is 0 Å². The average molecular weight is 725 g/mol. The van der Waals surface area contributed by atoms with Gasteiger partial charge in [-0.05, 0) is 46.5 Å². The number of rotatable bonds is 0. The Bertz CT molecular complexity index is 1600. The zero-order chi connectivity index (χ0) is 33.9. The van der Waals surface area contributed by atoms with E-state index in [1.165, 1.54) is 27.2 Å². The number of halogens is 2. The van der Waals surface area contributed by atoms with E-state index in [2.05, 4.69) is 132 Å². The van der Waals surface area contributed by atoms with Gasteiger partial charge in [-0.2, -0.15) is 11.6 Å². The number of hydrogen-bond acceptors (Lipinski definition) is 0. The molecule has 0 fully saturated rings. The Hall–Kier alpha value is -0.877. The van der Waals surface area contributed by atoms with E-state index in [1.807, 2.05) is 13.8 Å². The summed E-state index contributed by atoms with van der Waals surface area (Å²) in [4.78, 5) is 0. The summed E-state index contributed by atoms with van der Waals surface area (Å²) in [6.45, 7) is 32.3. The number of allylic oxidation sites excluding steroid dienone is 6. The molecule has 0 nitrogen and oxygen atoms in total. The first-order valence-corrected chi connectivity index (χ1v) is 24.5. The van der Waals surface area contributed by atoms with Crippen LogP contribution in [0, 0.1) is 28.2 Å². The summed E-state index contributed by atoms with van der Waals surface area (Å²) in [5.41, 5.74) is 12.2. The Balaban J connectivity index is 0.000000238. The van der Waals surface area contributed by atoms with Crippen molar-refractivity contribution in [2.24, 2.45) is 22.2 Å². The fourth-order valence-corrected chi connectivity index (χ4v) is 7.41. The number of fused-ring (bicyclic) bond motifs is 8. The molecular weight excluding hydrogens is 667 g/mol. The van der Waals surface area contributed by atoms with Crippen molar-refractivity contribution in [1.29, 1.82) is 0 Å². The quantitative estimate of drug-likeness (QED) is 0.237. The zero-order valence-electron chi connectivity index (χ0n) is 30.7. The SMILES string of the molecule is CC1(C)C=Cc2[cH-]c3c4c(c5c(c3c2C1)CC(C)(C)C=C5)C(C)(C)CCC4(C)C.CC1[C-]=CC(C(C)(C)C)=C1.C[C](C)=[Zr]([Cl])[Cl]. The molecule has 0 N–H and O–H groups in total. The van der Waals surface area contributed by atoms with Gasteiger partial charge >= 0.3 is 53.0 Å². The summed E-state index contributed by atoms with van der Waals surface area (Å²) >= 11 is -1.84. The molecule has 3 heteroatoms. The van der Waals surface area contributed by atoms with Crippen LogP contribution >= 0.6 is 17.0 Å². The van der Waals surface area contributed by atoms with Gasteiger partial charge < -0.3 is 0 Å². The van der Waals surface area contributed by atoms with E-state index in [0.29, 0.717) is 11.3 Å². The molecular formula is C42H58Cl2Zr-2.